The maximum absolute atomic E-state index is 12.6. The van der Waals surface area contributed by atoms with E-state index in [9.17, 15) is 9.59 Å². The summed E-state index contributed by atoms with van der Waals surface area (Å²) < 4.78 is 12.2. The van der Waals surface area contributed by atoms with Crippen LogP contribution in [-0.4, -0.2) is 38.4 Å². The first-order valence-corrected chi connectivity index (χ1v) is 12.5. The van der Waals surface area contributed by atoms with Crippen molar-refractivity contribution in [2.24, 2.45) is 0 Å². The lowest BCUT2D eigenvalue weighted by molar-refractivity contribution is -0.156. The summed E-state index contributed by atoms with van der Waals surface area (Å²) in [5, 5.41) is 0. The summed E-state index contributed by atoms with van der Waals surface area (Å²) in [4.78, 5) is 30.6. The molecule has 1 heterocycles. The van der Waals surface area contributed by atoms with Gasteiger partial charge in [0.05, 0.1) is 6.61 Å². The molecule has 7 heteroatoms. The van der Waals surface area contributed by atoms with Gasteiger partial charge in [-0.25, -0.2) is 9.78 Å². The lowest BCUT2D eigenvalue weighted by Crippen LogP contribution is -2.36. The molecule has 2 aromatic rings. The summed E-state index contributed by atoms with van der Waals surface area (Å²) in [6, 6.07) is 7.94. The highest BCUT2D eigenvalue weighted by Crippen LogP contribution is 2.36. The highest BCUT2D eigenvalue weighted by atomic mass is 32.2. The van der Waals surface area contributed by atoms with Crippen LogP contribution in [0, 0.1) is 6.92 Å². The fraction of sp³-hybridized carbons (Fsp3) is 0.577. The molecule has 1 aromatic heterocycles. The van der Waals surface area contributed by atoms with Crippen LogP contribution in [0.1, 0.15) is 83.9 Å². The number of hydrogen-bond acceptors (Lipinski definition) is 6. The van der Waals surface area contributed by atoms with Gasteiger partial charge < -0.3 is 14.0 Å². The second-order valence-corrected chi connectivity index (χ2v) is 11.3. The normalized spacial score (nSPS) is 12.0. The van der Waals surface area contributed by atoms with E-state index in [2.05, 4.69) is 16.5 Å². The number of imidazole rings is 1. The van der Waals surface area contributed by atoms with E-state index in [-0.39, 0.29) is 5.97 Å². The molecule has 0 aliphatic rings. The summed E-state index contributed by atoms with van der Waals surface area (Å²) in [6.07, 6.45) is 3.25. The fourth-order valence-corrected chi connectivity index (χ4v) is 4.34. The summed E-state index contributed by atoms with van der Waals surface area (Å²) in [5.41, 5.74) is 1.59. The van der Waals surface area contributed by atoms with E-state index in [0.717, 1.165) is 47.8 Å². The molecular formula is C26H38N2O4S. The molecule has 0 spiro atoms. The Morgan fingerprint density at radius 2 is 1.67 bits per heavy atom. The number of carbonyl (C=O) groups excluding carboxylic acids is 2. The predicted octanol–water partition coefficient (Wildman–Crippen LogP) is 6.44. The van der Waals surface area contributed by atoms with Gasteiger partial charge in [0.2, 0.25) is 0 Å². The summed E-state index contributed by atoms with van der Waals surface area (Å²) in [6.45, 7) is 16.3. The van der Waals surface area contributed by atoms with Gasteiger partial charge in [0.1, 0.15) is 16.2 Å². The number of hydrogen-bond donors (Lipinski definition) is 0. The van der Waals surface area contributed by atoms with Crippen molar-refractivity contribution >= 4 is 23.7 Å². The number of ether oxygens (including phenoxy) is 2. The zero-order valence-electron chi connectivity index (χ0n) is 21.3. The maximum atomic E-state index is 12.6. The minimum atomic E-state index is -0.721. The number of esters is 2. The fourth-order valence-electron chi connectivity index (χ4n) is 3.35. The third kappa shape index (κ3) is 7.36. The molecule has 33 heavy (non-hydrogen) atoms. The largest absolute Gasteiger partial charge is 0.461 e. The van der Waals surface area contributed by atoms with Gasteiger partial charge in [-0.3, -0.25) is 4.79 Å². The first-order chi connectivity index (χ1) is 15.4. The molecule has 182 valence electrons. The lowest BCUT2D eigenvalue weighted by Gasteiger charge is -2.28. The molecule has 0 amide bonds. The Morgan fingerprint density at radius 3 is 2.21 bits per heavy atom. The number of thioether (sulfide) groups is 1. The molecule has 0 N–H and O–H groups in total. The minimum absolute atomic E-state index is 0.245. The highest BCUT2D eigenvalue weighted by Gasteiger charge is 2.33. The Morgan fingerprint density at radius 1 is 1.03 bits per heavy atom. The number of nitrogens with zero attached hydrogens (tertiary/aromatic N) is 2. The van der Waals surface area contributed by atoms with Crippen molar-refractivity contribution in [1.82, 2.24) is 9.55 Å². The van der Waals surface area contributed by atoms with E-state index in [1.165, 1.54) is 11.8 Å². The van der Waals surface area contributed by atoms with Gasteiger partial charge in [0.25, 0.3) is 0 Å². The van der Waals surface area contributed by atoms with Crippen molar-refractivity contribution in [3.8, 4) is 11.4 Å². The SMILES string of the molecule is CCCCCn1c(-c2ccc(SC(C)(C)C(=O)OC(C)(C)C)cc2)nc(C(=O)OCC)c1C. The van der Waals surface area contributed by atoms with Crippen LogP contribution in [0.2, 0.25) is 0 Å². The van der Waals surface area contributed by atoms with E-state index < -0.39 is 16.3 Å². The Balaban J connectivity index is 2.31. The molecule has 0 fully saturated rings. The first-order valence-electron chi connectivity index (χ1n) is 11.7. The summed E-state index contributed by atoms with van der Waals surface area (Å²) in [7, 11) is 0. The monoisotopic (exact) mass is 474 g/mol. The quantitative estimate of drug-likeness (QED) is 0.224. The third-order valence-electron chi connectivity index (χ3n) is 5.05. The second kappa shape index (κ2) is 11.2. The standard InChI is InChI=1S/C26H38N2O4S/c1-9-11-12-17-28-18(3)21(23(29)31-10-2)27-22(28)19-13-15-20(16-14-19)33-26(7,8)24(30)32-25(4,5)6/h13-16H,9-12,17H2,1-8H3. The third-order valence-corrected chi connectivity index (χ3v) is 6.24. The number of benzene rings is 1. The van der Waals surface area contributed by atoms with Crippen LogP contribution >= 0.6 is 11.8 Å². The molecule has 0 bridgehead atoms. The van der Waals surface area contributed by atoms with Crippen molar-refractivity contribution in [3.63, 3.8) is 0 Å². The smallest absolute Gasteiger partial charge is 0.358 e. The van der Waals surface area contributed by atoms with E-state index in [4.69, 9.17) is 9.47 Å². The van der Waals surface area contributed by atoms with E-state index in [1.807, 2.05) is 65.8 Å². The molecule has 0 aliphatic carbocycles. The topological polar surface area (TPSA) is 70.4 Å². The molecule has 0 saturated heterocycles. The predicted molar refractivity (Wildman–Crippen MR) is 134 cm³/mol. The Labute approximate surface area is 202 Å². The molecular weight excluding hydrogens is 436 g/mol. The van der Waals surface area contributed by atoms with Crippen molar-refractivity contribution < 1.29 is 19.1 Å². The molecule has 1 aromatic carbocycles. The molecule has 0 radical (unpaired) electrons. The van der Waals surface area contributed by atoms with Crippen LogP contribution in [-0.2, 0) is 20.8 Å². The van der Waals surface area contributed by atoms with Gasteiger partial charge in [0.15, 0.2) is 5.69 Å². The highest BCUT2D eigenvalue weighted by molar-refractivity contribution is 8.01. The van der Waals surface area contributed by atoms with Gasteiger partial charge in [0, 0.05) is 22.7 Å². The molecule has 0 saturated carbocycles. The van der Waals surface area contributed by atoms with Gasteiger partial charge in [-0.2, -0.15) is 0 Å². The first kappa shape index (κ1) is 27.0. The van der Waals surface area contributed by atoms with Crippen molar-refractivity contribution in [3.05, 3.63) is 35.7 Å². The summed E-state index contributed by atoms with van der Waals surface area (Å²) >= 11 is 1.46. The van der Waals surface area contributed by atoms with E-state index >= 15 is 0 Å². The van der Waals surface area contributed by atoms with Crippen LogP contribution in [0.4, 0.5) is 0 Å². The van der Waals surface area contributed by atoms with Crippen molar-refractivity contribution in [2.75, 3.05) is 6.61 Å². The summed E-state index contributed by atoms with van der Waals surface area (Å²) in [5.74, 6) is 0.122. The Hall–Kier alpha value is -2.28. The molecule has 6 nitrogen and oxygen atoms in total. The van der Waals surface area contributed by atoms with Crippen LogP contribution in [0.3, 0.4) is 0 Å². The number of carbonyl (C=O) groups is 2. The molecule has 2 rings (SSSR count). The molecule has 0 atom stereocenters. The van der Waals surface area contributed by atoms with E-state index in [0.29, 0.717) is 12.3 Å². The van der Waals surface area contributed by atoms with Crippen LogP contribution in [0.15, 0.2) is 29.2 Å². The van der Waals surface area contributed by atoms with Crippen molar-refractivity contribution in [1.29, 1.82) is 0 Å². The zero-order chi connectivity index (χ0) is 24.8. The Kier molecular flexibility index (Phi) is 9.18. The number of unbranched alkanes of at least 4 members (excludes halogenated alkanes) is 2. The van der Waals surface area contributed by atoms with E-state index in [1.54, 1.807) is 6.92 Å². The van der Waals surface area contributed by atoms with Gasteiger partial charge >= 0.3 is 11.9 Å². The minimum Gasteiger partial charge on any atom is -0.461 e. The van der Waals surface area contributed by atoms with Gasteiger partial charge in [-0.15, -0.1) is 11.8 Å². The van der Waals surface area contributed by atoms with Gasteiger partial charge in [-0.05, 0) is 67.0 Å². The van der Waals surface area contributed by atoms with Crippen LogP contribution < -0.4 is 0 Å². The maximum Gasteiger partial charge on any atom is 0.358 e. The average Bonchev–Trinajstić information content (AvgIpc) is 3.04. The van der Waals surface area contributed by atoms with Crippen molar-refractivity contribution in [2.45, 2.75) is 96.4 Å². The molecule has 0 aliphatic heterocycles. The van der Waals surface area contributed by atoms with Gasteiger partial charge in [-0.1, -0.05) is 31.9 Å². The lowest BCUT2D eigenvalue weighted by atomic mass is 10.1. The second-order valence-electron chi connectivity index (χ2n) is 9.59. The van der Waals surface area contributed by atoms with Crippen LogP contribution in [0.5, 0.6) is 0 Å². The number of aromatic nitrogens is 2. The van der Waals surface area contributed by atoms with Crippen LogP contribution in [0.25, 0.3) is 11.4 Å². The number of rotatable bonds is 10. The average molecular weight is 475 g/mol. The molecule has 0 unspecified atom stereocenters. The zero-order valence-corrected chi connectivity index (χ0v) is 22.1. The Bertz CT molecular complexity index is 956.